The molecule has 1 heterocycles. The summed E-state index contributed by atoms with van der Waals surface area (Å²) in [6.45, 7) is 4.78. The van der Waals surface area contributed by atoms with Crippen molar-refractivity contribution in [2.75, 3.05) is 7.11 Å². The van der Waals surface area contributed by atoms with Gasteiger partial charge in [0.25, 0.3) is 0 Å². The van der Waals surface area contributed by atoms with E-state index in [4.69, 9.17) is 4.74 Å². The van der Waals surface area contributed by atoms with E-state index in [2.05, 4.69) is 98.7 Å². The van der Waals surface area contributed by atoms with E-state index in [1.165, 1.54) is 49.9 Å². The summed E-state index contributed by atoms with van der Waals surface area (Å²) in [5.74, 6) is 0.881. The molecule has 0 saturated heterocycles. The van der Waals surface area contributed by atoms with E-state index in [1.807, 2.05) is 12.1 Å². The van der Waals surface area contributed by atoms with Crippen molar-refractivity contribution < 1.29 is 4.74 Å². The van der Waals surface area contributed by atoms with Crippen molar-refractivity contribution in [1.29, 1.82) is 0 Å². The topological polar surface area (TPSA) is 9.23 Å². The molecule has 0 N–H and O–H groups in total. The molecule has 0 radical (unpaired) electrons. The third-order valence-electron chi connectivity index (χ3n) is 6.36. The number of fused-ring (bicyclic) bond motifs is 2. The van der Waals surface area contributed by atoms with Gasteiger partial charge in [0, 0.05) is 0 Å². The van der Waals surface area contributed by atoms with Gasteiger partial charge in [-0.3, -0.25) is 0 Å². The SMILES string of the molecule is COc1ccc(-c2ccc3c(c2)C=Cc2cc(-c4ccc(C)cc4)ccc2B3C)cc1. The fraction of sp³-hybridized carbons (Fsp3) is 0.103. The van der Waals surface area contributed by atoms with Gasteiger partial charge in [-0.25, -0.2) is 0 Å². The summed E-state index contributed by atoms with van der Waals surface area (Å²) in [5, 5.41) is 0. The molecule has 0 aromatic heterocycles. The predicted octanol–water partition coefficient (Wildman–Crippen LogP) is 6.06. The molecule has 0 aliphatic carbocycles. The highest BCUT2D eigenvalue weighted by molar-refractivity contribution is 6.85. The summed E-state index contributed by atoms with van der Waals surface area (Å²) in [4.78, 5) is 0. The molecule has 4 aromatic rings. The van der Waals surface area contributed by atoms with Crippen molar-refractivity contribution >= 4 is 29.8 Å². The lowest BCUT2D eigenvalue weighted by molar-refractivity contribution is 0.415. The molecule has 0 unspecified atom stereocenters. The van der Waals surface area contributed by atoms with E-state index in [-0.39, 0.29) is 0 Å². The Bertz CT molecular complexity index is 1270. The average molecular weight is 400 g/mol. The van der Waals surface area contributed by atoms with Crippen molar-refractivity contribution in [1.82, 2.24) is 0 Å². The number of hydrogen-bond donors (Lipinski definition) is 0. The van der Waals surface area contributed by atoms with Gasteiger partial charge in [-0.1, -0.05) is 96.1 Å². The van der Waals surface area contributed by atoms with Gasteiger partial charge in [0.05, 0.1) is 7.11 Å². The van der Waals surface area contributed by atoms with Crippen LogP contribution in [0.3, 0.4) is 0 Å². The van der Waals surface area contributed by atoms with Crippen molar-refractivity contribution in [2.24, 2.45) is 0 Å². The summed E-state index contributed by atoms with van der Waals surface area (Å²) in [6, 6.07) is 30.7. The molecule has 0 bridgehead atoms. The summed E-state index contributed by atoms with van der Waals surface area (Å²) >= 11 is 0. The standard InChI is InChI=1S/C29H25BO/c1-20-4-6-21(7-5-20)23-12-16-28-25(18-23)8-9-26-19-24(13-17-29(26)30(28)2)22-10-14-27(31-3)15-11-22/h4-19H,1-3H3. The number of rotatable bonds is 3. The van der Waals surface area contributed by atoms with Crippen LogP contribution in [0.15, 0.2) is 84.9 Å². The molecule has 1 nitrogen and oxygen atoms in total. The minimum absolute atomic E-state index is 0.344. The van der Waals surface area contributed by atoms with Crippen molar-refractivity contribution in [3.05, 3.63) is 102 Å². The van der Waals surface area contributed by atoms with Crippen molar-refractivity contribution in [2.45, 2.75) is 13.7 Å². The van der Waals surface area contributed by atoms with E-state index in [1.54, 1.807) is 7.11 Å². The fourth-order valence-corrected chi connectivity index (χ4v) is 4.46. The maximum absolute atomic E-state index is 5.30. The lowest BCUT2D eigenvalue weighted by Gasteiger charge is -2.15. The van der Waals surface area contributed by atoms with Crippen LogP contribution in [0.25, 0.3) is 34.4 Å². The van der Waals surface area contributed by atoms with Gasteiger partial charge in [0.2, 0.25) is 6.71 Å². The highest BCUT2D eigenvalue weighted by Crippen LogP contribution is 2.26. The lowest BCUT2D eigenvalue weighted by atomic mass is 9.41. The summed E-state index contributed by atoms with van der Waals surface area (Å²) < 4.78 is 5.30. The van der Waals surface area contributed by atoms with Crippen LogP contribution in [0.5, 0.6) is 5.75 Å². The van der Waals surface area contributed by atoms with Crippen LogP contribution >= 0.6 is 0 Å². The number of hydrogen-bond acceptors (Lipinski definition) is 1. The smallest absolute Gasteiger partial charge is 0.207 e. The van der Waals surface area contributed by atoms with E-state index in [0.29, 0.717) is 6.71 Å². The fourth-order valence-electron chi connectivity index (χ4n) is 4.46. The second-order valence-corrected chi connectivity index (χ2v) is 8.34. The number of aryl methyl sites for hydroxylation is 1. The molecule has 150 valence electrons. The van der Waals surface area contributed by atoms with Crippen LogP contribution < -0.4 is 15.7 Å². The molecular formula is C29H25BO. The zero-order chi connectivity index (χ0) is 21.4. The van der Waals surface area contributed by atoms with Gasteiger partial charge in [0.15, 0.2) is 0 Å². The first-order chi connectivity index (χ1) is 15.1. The highest BCUT2D eigenvalue weighted by Gasteiger charge is 2.21. The molecule has 5 rings (SSSR count). The maximum Gasteiger partial charge on any atom is 0.207 e. The van der Waals surface area contributed by atoms with Crippen LogP contribution in [-0.4, -0.2) is 13.8 Å². The second kappa shape index (κ2) is 7.96. The van der Waals surface area contributed by atoms with Crippen LogP contribution in [0, 0.1) is 6.92 Å². The summed E-state index contributed by atoms with van der Waals surface area (Å²) in [5.41, 5.74) is 11.6. The van der Waals surface area contributed by atoms with E-state index < -0.39 is 0 Å². The van der Waals surface area contributed by atoms with Gasteiger partial charge >= 0.3 is 0 Å². The summed E-state index contributed by atoms with van der Waals surface area (Å²) in [7, 11) is 1.70. The van der Waals surface area contributed by atoms with E-state index in [9.17, 15) is 0 Å². The molecular weight excluding hydrogens is 375 g/mol. The number of ether oxygens (including phenoxy) is 1. The molecule has 31 heavy (non-hydrogen) atoms. The first kappa shape index (κ1) is 19.4. The first-order valence-corrected chi connectivity index (χ1v) is 10.8. The van der Waals surface area contributed by atoms with Crippen molar-refractivity contribution in [3.63, 3.8) is 0 Å². The van der Waals surface area contributed by atoms with Crippen LogP contribution in [0.4, 0.5) is 0 Å². The highest BCUT2D eigenvalue weighted by atomic mass is 16.5. The Labute approximate surface area is 185 Å². The van der Waals surface area contributed by atoms with Gasteiger partial charge in [-0.2, -0.15) is 0 Å². The molecule has 2 heteroatoms. The van der Waals surface area contributed by atoms with Crippen LogP contribution in [0.2, 0.25) is 6.82 Å². The third kappa shape index (κ3) is 3.70. The monoisotopic (exact) mass is 400 g/mol. The van der Waals surface area contributed by atoms with E-state index >= 15 is 0 Å². The Kier molecular flexibility index (Phi) is 4.99. The van der Waals surface area contributed by atoms with Gasteiger partial charge in [0.1, 0.15) is 5.75 Å². The summed E-state index contributed by atoms with van der Waals surface area (Å²) in [6.07, 6.45) is 4.54. The molecule has 1 aliphatic heterocycles. The number of benzene rings is 4. The molecule has 1 aliphatic rings. The maximum atomic E-state index is 5.30. The van der Waals surface area contributed by atoms with Crippen LogP contribution in [-0.2, 0) is 0 Å². The minimum atomic E-state index is 0.344. The molecule has 0 amide bonds. The quantitative estimate of drug-likeness (QED) is 0.380. The predicted molar refractivity (Wildman–Crippen MR) is 135 cm³/mol. The zero-order valence-corrected chi connectivity index (χ0v) is 18.2. The first-order valence-electron chi connectivity index (χ1n) is 10.8. The average Bonchev–Trinajstić information content (AvgIpc) is 2.95. The Morgan fingerprint density at radius 1 is 0.581 bits per heavy atom. The molecule has 0 atom stereocenters. The Morgan fingerprint density at radius 3 is 1.52 bits per heavy atom. The van der Waals surface area contributed by atoms with Crippen molar-refractivity contribution in [3.8, 4) is 28.0 Å². The van der Waals surface area contributed by atoms with Crippen LogP contribution in [0.1, 0.15) is 16.7 Å². The molecule has 0 spiro atoms. The Morgan fingerprint density at radius 2 is 1.03 bits per heavy atom. The molecule has 4 aromatic carbocycles. The Hall–Kier alpha value is -3.52. The Balaban J connectivity index is 1.53. The van der Waals surface area contributed by atoms with Gasteiger partial charge in [-0.05, 0) is 64.6 Å². The normalized spacial score (nSPS) is 12.2. The zero-order valence-electron chi connectivity index (χ0n) is 18.2. The van der Waals surface area contributed by atoms with E-state index in [0.717, 1.165) is 5.75 Å². The molecule has 0 saturated carbocycles. The second-order valence-electron chi connectivity index (χ2n) is 8.34. The minimum Gasteiger partial charge on any atom is -0.497 e. The van der Waals surface area contributed by atoms with Gasteiger partial charge in [-0.15, -0.1) is 0 Å². The molecule has 0 fully saturated rings. The third-order valence-corrected chi connectivity index (χ3v) is 6.36. The lowest BCUT2D eigenvalue weighted by Crippen LogP contribution is -2.41. The van der Waals surface area contributed by atoms with Gasteiger partial charge < -0.3 is 4.74 Å². The number of methoxy groups -OCH3 is 1. The largest absolute Gasteiger partial charge is 0.497 e.